The van der Waals surface area contributed by atoms with E-state index in [0.717, 1.165) is 8.95 Å². The summed E-state index contributed by atoms with van der Waals surface area (Å²) in [6.45, 7) is 0. The van der Waals surface area contributed by atoms with Crippen LogP contribution in [0.5, 0.6) is 0 Å². The van der Waals surface area contributed by atoms with Crippen molar-refractivity contribution in [3.8, 4) is 11.1 Å². The SMILES string of the molecule is Brc1ccc2ccc3c(Br)cc(-c4ccc5ccccc5c4)c4ccc1c2c34. The molecule has 0 atom stereocenters. The molecule has 28 heavy (non-hydrogen) atoms. The van der Waals surface area contributed by atoms with Gasteiger partial charge < -0.3 is 0 Å². The van der Waals surface area contributed by atoms with E-state index in [1.54, 1.807) is 0 Å². The van der Waals surface area contributed by atoms with Crippen LogP contribution in [0.15, 0.2) is 93.9 Å². The Morgan fingerprint density at radius 3 is 2.04 bits per heavy atom. The predicted octanol–water partition coefficient (Wildman–Crippen LogP) is 8.93. The summed E-state index contributed by atoms with van der Waals surface area (Å²) in [5.41, 5.74) is 2.51. The van der Waals surface area contributed by atoms with Crippen molar-refractivity contribution in [1.82, 2.24) is 0 Å². The normalized spacial score (nSPS) is 11.9. The molecule has 0 unspecified atom stereocenters. The molecule has 0 aliphatic carbocycles. The standard InChI is InChI=1S/C26H14Br2/c27-23-12-8-16-7-9-21-24(28)14-22(19-10-11-20(23)25(16)26(19)21)18-6-5-15-3-1-2-4-17(15)13-18/h1-14H. The number of fused-ring (bicyclic) bond motifs is 1. The summed E-state index contributed by atoms with van der Waals surface area (Å²) < 4.78 is 2.28. The third-order valence-electron chi connectivity index (χ3n) is 5.74. The maximum absolute atomic E-state index is 3.85. The summed E-state index contributed by atoms with van der Waals surface area (Å²) in [5.74, 6) is 0. The van der Waals surface area contributed by atoms with Gasteiger partial charge in [0.25, 0.3) is 0 Å². The van der Waals surface area contributed by atoms with Crippen LogP contribution in [-0.2, 0) is 0 Å². The van der Waals surface area contributed by atoms with Crippen LogP contribution in [0.1, 0.15) is 0 Å². The van der Waals surface area contributed by atoms with Crippen LogP contribution in [0.4, 0.5) is 0 Å². The van der Waals surface area contributed by atoms with Crippen molar-refractivity contribution >= 4 is 74.9 Å². The first kappa shape index (κ1) is 16.5. The van der Waals surface area contributed by atoms with E-state index < -0.39 is 0 Å². The lowest BCUT2D eigenvalue weighted by Gasteiger charge is -2.16. The highest BCUT2D eigenvalue weighted by Crippen LogP contribution is 2.44. The molecule has 6 aromatic carbocycles. The van der Waals surface area contributed by atoms with E-state index in [1.807, 2.05) is 0 Å². The van der Waals surface area contributed by atoms with Gasteiger partial charge in [-0.15, -0.1) is 0 Å². The minimum atomic E-state index is 1.14. The second-order valence-electron chi connectivity index (χ2n) is 7.26. The van der Waals surface area contributed by atoms with Gasteiger partial charge in [0.2, 0.25) is 0 Å². The Hall–Kier alpha value is -2.42. The van der Waals surface area contributed by atoms with Gasteiger partial charge >= 0.3 is 0 Å². The number of rotatable bonds is 1. The quantitative estimate of drug-likeness (QED) is 0.204. The van der Waals surface area contributed by atoms with E-state index in [0.29, 0.717) is 0 Å². The lowest BCUT2D eigenvalue weighted by atomic mass is 9.89. The number of hydrogen-bond donors (Lipinski definition) is 0. The molecule has 6 aromatic rings. The van der Waals surface area contributed by atoms with Crippen LogP contribution in [0.25, 0.3) is 54.2 Å². The Kier molecular flexibility index (Phi) is 3.56. The largest absolute Gasteiger partial charge is 0.0616 e. The first-order valence-corrected chi connectivity index (χ1v) is 10.8. The number of halogens is 2. The Morgan fingerprint density at radius 1 is 0.464 bits per heavy atom. The third-order valence-corrected chi connectivity index (χ3v) is 7.09. The fourth-order valence-electron chi connectivity index (χ4n) is 4.41. The van der Waals surface area contributed by atoms with Crippen molar-refractivity contribution in [2.75, 3.05) is 0 Å². The Morgan fingerprint density at radius 2 is 1.14 bits per heavy atom. The van der Waals surface area contributed by atoms with E-state index in [9.17, 15) is 0 Å². The van der Waals surface area contributed by atoms with Gasteiger partial charge in [-0.2, -0.15) is 0 Å². The van der Waals surface area contributed by atoms with Gasteiger partial charge in [0.15, 0.2) is 0 Å². The minimum absolute atomic E-state index is 1.14. The van der Waals surface area contributed by atoms with Crippen molar-refractivity contribution in [2.24, 2.45) is 0 Å². The zero-order valence-corrected chi connectivity index (χ0v) is 18.0. The summed E-state index contributed by atoms with van der Waals surface area (Å²) >= 11 is 7.58. The summed E-state index contributed by atoms with van der Waals surface area (Å²) in [7, 11) is 0. The van der Waals surface area contributed by atoms with E-state index in [1.165, 1.54) is 54.2 Å². The van der Waals surface area contributed by atoms with Gasteiger partial charge in [0, 0.05) is 8.95 Å². The lowest BCUT2D eigenvalue weighted by molar-refractivity contribution is 1.67. The molecule has 0 N–H and O–H groups in total. The first-order chi connectivity index (χ1) is 13.7. The van der Waals surface area contributed by atoms with Crippen LogP contribution in [-0.4, -0.2) is 0 Å². The van der Waals surface area contributed by atoms with Crippen molar-refractivity contribution < 1.29 is 0 Å². The maximum Gasteiger partial charge on any atom is 0.0260 e. The Bertz CT molecular complexity index is 1530. The molecule has 0 aliphatic heterocycles. The minimum Gasteiger partial charge on any atom is -0.0616 e. The van der Waals surface area contributed by atoms with E-state index in [-0.39, 0.29) is 0 Å². The fourth-order valence-corrected chi connectivity index (χ4v) is 5.44. The van der Waals surface area contributed by atoms with E-state index in [2.05, 4.69) is 117 Å². The van der Waals surface area contributed by atoms with Gasteiger partial charge in [0.1, 0.15) is 0 Å². The second kappa shape index (κ2) is 6.04. The van der Waals surface area contributed by atoms with Gasteiger partial charge in [-0.25, -0.2) is 0 Å². The van der Waals surface area contributed by atoms with E-state index >= 15 is 0 Å². The van der Waals surface area contributed by atoms with Crippen LogP contribution in [0.2, 0.25) is 0 Å². The van der Waals surface area contributed by atoms with Gasteiger partial charge in [-0.3, -0.25) is 0 Å². The van der Waals surface area contributed by atoms with Gasteiger partial charge in [0.05, 0.1) is 0 Å². The van der Waals surface area contributed by atoms with Crippen LogP contribution < -0.4 is 0 Å². The van der Waals surface area contributed by atoms with Crippen molar-refractivity contribution in [3.63, 3.8) is 0 Å². The maximum atomic E-state index is 3.85. The van der Waals surface area contributed by atoms with Crippen LogP contribution >= 0.6 is 31.9 Å². The molecular formula is C26H14Br2. The average Bonchev–Trinajstić information content (AvgIpc) is 2.74. The Balaban J connectivity index is 1.79. The van der Waals surface area contributed by atoms with Crippen molar-refractivity contribution in [2.45, 2.75) is 0 Å². The molecule has 0 heterocycles. The zero-order chi connectivity index (χ0) is 18.8. The summed E-state index contributed by atoms with van der Waals surface area (Å²) in [5, 5.41) is 10.3. The van der Waals surface area contributed by atoms with Crippen LogP contribution in [0, 0.1) is 0 Å². The van der Waals surface area contributed by atoms with Gasteiger partial charge in [-0.05, 0) is 72.4 Å². The fraction of sp³-hybridized carbons (Fsp3) is 0. The molecule has 0 fully saturated rings. The highest BCUT2D eigenvalue weighted by molar-refractivity contribution is 9.11. The summed E-state index contributed by atoms with van der Waals surface area (Å²) in [4.78, 5) is 0. The molecule has 0 aliphatic rings. The molecule has 2 heteroatoms. The molecule has 0 nitrogen and oxygen atoms in total. The molecule has 0 saturated heterocycles. The Labute approximate surface area is 179 Å². The van der Waals surface area contributed by atoms with Crippen molar-refractivity contribution in [3.05, 3.63) is 93.9 Å². The average molecular weight is 486 g/mol. The molecule has 6 rings (SSSR count). The highest BCUT2D eigenvalue weighted by Gasteiger charge is 2.15. The molecule has 0 saturated carbocycles. The van der Waals surface area contributed by atoms with Crippen molar-refractivity contribution in [1.29, 1.82) is 0 Å². The third kappa shape index (κ3) is 2.28. The number of hydrogen-bond acceptors (Lipinski definition) is 0. The smallest absolute Gasteiger partial charge is 0.0260 e. The second-order valence-corrected chi connectivity index (χ2v) is 8.97. The molecule has 0 spiro atoms. The zero-order valence-electron chi connectivity index (χ0n) is 14.8. The summed E-state index contributed by atoms with van der Waals surface area (Å²) in [6, 6.07) is 30.8. The predicted molar refractivity (Wildman–Crippen MR) is 128 cm³/mol. The number of benzene rings is 6. The van der Waals surface area contributed by atoms with E-state index in [4.69, 9.17) is 0 Å². The first-order valence-electron chi connectivity index (χ1n) is 9.25. The topological polar surface area (TPSA) is 0 Å². The molecule has 0 bridgehead atoms. The molecular weight excluding hydrogens is 472 g/mol. The lowest BCUT2D eigenvalue weighted by Crippen LogP contribution is -1.89. The monoisotopic (exact) mass is 484 g/mol. The van der Waals surface area contributed by atoms with Gasteiger partial charge in [-0.1, -0.05) is 98.6 Å². The molecule has 0 radical (unpaired) electrons. The summed E-state index contributed by atoms with van der Waals surface area (Å²) in [6.07, 6.45) is 0. The molecule has 132 valence electrons. The van der Waals surface area contributed by atoms with Crippen LogP contribution in [0.3, 0.4) is 0 Å². The molecule has 0 amide bonds. The highest BCUT2D eigenvalue weighted by atomic mass is 79.9. The molecule has 0 aromatic heterocycles.